The molecule has 3 rings (SSSR count). The summed E-state index contributed by atoms with van der Waals surface area (Å²) in [5.41, 5.74) is 7.61. The van der Waals surface area contributed by atoms with Gasteiger partial charge in [-0.1, -0.05) is 32.6 Å². The highest BCUT2D eigenvalue weighted by molar-refractivity contribution is 7.80. The lowest BCUT2D eigenvalue weighted by Crippen LogP contribution is -2.34. The molecule has 8 heteroatoms. The monoisotopic (exact) mass is 473 g/mol. The Morgan fingerprint density at radius 1 is 1.09 bits per heavy atom. The van der Waals surface area contributed by atoms with Gasteiger partial charge in [0.15, 0.2) is 5.11 Å². The van der Waals surface area contributed by atoms with Crippen LogP contribution < -0.4 is 21.1 Å². The van der Waals surface area contributed by atoms with E-state index in [0.717, 1.165) is 43.4 Å². The maximum atomic E-state index is 12.6. The maximum absolute atomic E-state index is 12.6. The lowest BCUT2D eigenvalue weighted by atomic mass is 9.95. The number of fused-ring (bicyclic) bond motifs is 1. The number of hydrogen-bond donors (Lipinski definition) is 3. The van der Waals surface area contributed by atoms with Gasteiger partial charge < -0.3 is 15.8 Å². The van der Waals surface area contributed by atoms with Gasteiger partial charge >= 0.3 is 0 Å². The SMILES string of the molecule is CCCCCCCOc1ccc(C(=O)NC(=S)Nc2sc3c(c2C(N)=O)CCCC3)cc1. The molecule has 1 heterocycles. The summed E-state index contributed by atoms with van der Waals surface area (Å²) >= 11 is 6.80. The van der Waals surface area contributed by atoms with Crippen molar-refractivity contribution in [1.82, 2.24) is 5.32 Å². The number of aryl methyl sites for hydroxylation is 1. The molecule has 0 saturated carbocycles. The first kappa shape index (κ1) is 24.2. The van der Waals surface area contributed by atoms with Crippen LogP contribution in [-0.2, 0) is 12.8 Å². The molecular formula is C24H31N3O3S2. The van der Waals surface area contributed by atoms with Gasteiger partial charge in [-0.25, -0.2) is 0 Å². The molecule has 32 heavy (non-hydrogen) atoms. The first-order chi connectivity index (χ1) is 15.5. The number of nitrogens with two attached hydrogens (primary N) is 1. The molecule has 2 amide bonds. The molecule has 0 saturated heterocycles. The van der Waals surface area contributed by atoms with Crippen molar-refractivity contribution in [3.05, 3.63) is 45.8 Å². The van der Waals surface area contributed by atoms with Gasteiger partial charge in [0, 0.05) is 10.4 Å². The molecule has 0 atom stereocenters. The van der Waals surface area contributed by atoms with E-state index >= 15 is 0 Å². The number of unbranched alkanes of at least 4 members (excludes halogenated alkanes) is 4. The second-order valence-electron chi connectivity index (χ2n) is 7.97. The Labute approximate surface area is 198 Å². The molecule has 1 aliphatic carbocycles. The van der Waals surface area contributed by atoms with Crippen molar-refractivity contribution in [1.29, 1.82) is 0 Å². The number of carbonyl (C=O) groups excluding carboxylic acids is 2. The zero-order valence-corrected chi connectivity index (χ0v) is 20.1. The largest absolute Gasteiger partial charge is 0.494 e. The molecule has 1 aromatic heterocycles. The third-order valence-corrected chi connectivity index (χ3v) is 6.92. The molecule has 1 aliphatic rings. The summed E-state index contributed by atoms with van der Waals surface area (Å²) < 4.78 is 5.74. The van der Waals surface area contributed by atoms with E-state index in [1.165, 1.54) is 41.9 Å². The van der Waals surface area contributed by atoms with Gasteiger partial charge in [0.25, 0.3) is 11.8 Å². The fourth-order valence-electron chi connectivity index (χ4n) is 3.82. The van der Waals surface area contributed by atoms with Crippen LogP contribution in [0.4, 0.5) is 5.00 Å². The summed E-state index contributed by atoms with van der Waals surface area (Å²) in [6.45, 7) is 2.88. The lowest BCUT2D eigenvalue weighted by molar-refractivity contribution is 0.0975. The van der Waals surface area contributed by atoms with E-state index in [1.54, 1.807) is 24.3 Å². The first-order valence-electron chi connectivity index (χ1n) is 11.3. The summed E-state index contributed by atoms with van der Waals surface area (Å²) in [6, 6.07) is 7.00. The third-order valence-electron chi connectivity index (χ3n) is 5.50. The van der Waals surface area contributed by atoms with Gasteiger partial charge in [-0.05, 0) is 74.2 Å². The molecule has 172 valence electrons. The van der Waals surface area contributed by atoms with Crippen LogP contribution in [0.15, 0.2) is 24.3 Å². The molecule has 1 aromatic carbocycles. The summed E-state index contributed by atoms with van der Waals surface area (Å²) in [5, 5.41) is 6.43. The van der Waals surface area contributed by atoms with Gasteiger partial charge in [0.1, 0.15) is 10.8 Å². The topological polar surface area (TPSA) is 93.4 Å². The average molecular weight is 474 g/mol. The van der Waals surface area contributed by atoms with Crippen LogP contribution in [0.25, 0.3) is 0 Å². The average Bonchev–Trinajstić information content (AvgIpc) is 3.14. The van der Waals surface area contributed by atoms with Gasteiger partial charge in [-0.3, -0.25) is 14.9 Å². The number of thiocarbonyl (C=S) groups is 1. The molecule has 0 aliphatic heterocycles. The minimum atomic E-state index is -0.470. The zero-order chi connectivity index (χ0) is 22.9. The Bertz CT molecular complexity index is 954. The van der Waals surface area contributed by atoms with E-state index in [9.17, 15) is 9.59 Å². The van der Waals surface area contributed by atoms with Crippen molar-refractivity contribution < 1.29 is 14.3 Å². The van der Waals surface area contributed by atoms with Gasteiger partial charge in [0.2, 0.25) is 0 Å². The van der Waals surface area contributed by atoms with Crippen LogP contribution in [0.3, 0.4) is 0 Å². The third kappa shape index (κ3) is 6.53. The van der Waals surface area contributed by atoms with E-state index < -0.39 is 5.91 Å². The molecular weight excluding hydrogens is 442 g/mol. The van der Waals surface area contributed by atoms with Crippen LogP contribution >= 0.6 is 23.6 Å². The van der Waals surface area contributed by atoms with E-state index in [4.69, 9.17) is 22.7 Å². The number of hydrogen-bond acceptors (Lipinski definition) is 5. The number of carbonyl (C=O) groups is 2. The molecule has 0 fully saturated rings. The van der Waals surface area contributed by atoms with Crippen LogP contribution in [-0.4, -0.2) is 23.5 Å². The molecule has 0 unspecified atom stereocenters. The highest BCUT2D eigenvalue weighted by Crippen LogP contribution is 2.37. The van der Waals surface area contributed by atoms with E-state index in [-0.39, 0.29) is 11.0 Å². The normalized spacial score (nSPS) is 12.7. The van der Waals surface area contributed by atoms with Gasteiger partial charge in [0.05, 0.1) is 12.2 Å². The smallest absolute Gasteiger partial charge is 0.257 e. The molecule has 2 aromatic rings. The van der Waals surface area contributed by atoms with Gasteiger partial charge in [-0.2, -0.15) is 0 Å². The Kier molecular flexibility index (Phi) is 9.05. The second kappa shape index (κ2) is 12.0. The fraction of sp³-hybridized carbons (Fsp3) is 0.458. The number of rotatable bonds is 10. The Morgan fingerprint density at radius 3 is 2.53 bits per heavy atom. The first-order valence-corrected chi connectivity index (χ1v) is 12.5. The van der Waals surface area contributed by atoms with Crippen LogP contribution in [0.1, 0.15) is 83.0 Å². The van der Waals surface area contributed by atoms with Crippen molar-refractivity contribution in [2.45, 2.75) is 64.7 Å². The molecule has 4 N–H and O–H groups in total. The Balaban J connectivity index is 1.52. The van der Waals surface area contributed by atoms with E-state index in [1.807, 2.05) is 0 Å². The minimum absolute atomic E-state index is 0.142. The summed E-state index contributed by atoms with van der Waals surface area (Å²) in [7, 11) is 0. The number of anilines is 1. The van der Waals surface area contributed by atoms with Crippen molar-refractivity contribution in [3.8, 4) is 5.75 Å². The quantitative estimate of drug-likeness (QED) is 0.326. The predicted molar refractivity (Wildman–Crippen MR) is 134 cm³/mol. The second-order valence-corrected chi connectivity index (χ2v) is 9.49. The van der Waals surface area contributed by atoms with Crippen LogP contribution in [0.2, 0.25) is 0 Å². The number of ether oxygens (including phenoxy) is 1. The Hall–Kier alpha value is -2.45. The number of primary amides is 1. The molecule has 0 radical (unpaired) electrons. The predicted octanol–water partition coefficient (Wildman–Crippen LogP) is 5.20. The molecule has 6 nitrogen and oxygen atoms in total. The lowest BCUT2D eigenvalue weighted by Gasteiger charge is -2.12. The highest BCUT2D eigenvalue weighted by atomic mass is 32.1. The van der Waals surface area contributed by atoms with Crippen molar-refractivity contribution >= 4 is 45.5 Å². The summed E-state index contributed by atoms with van der Waals surface area (Å²) in [4.78, 5) is 25.7. The summed E-state index contributed by atoms with van der Waals surface area (Å²) in [6.07, 6.45) is 9.86. The molecule has 0 bridgehead atoms. The van der Waals surface area contributed by atoms with Crippen molar-refractivity contribution in [2.24, 2.45) is 5.73 Å². The number of benzene rings is 1. The van der Waals surface area contributed by atoms with E-state index in [2.05, 4.69) is 17.6 Å². The highest BCUT2D eigenvalue weighted by Gasteiger charge is 2.24. The number of nitrogens with one attached hydrogen (secondary N) is 2. The van der Waals surface area contributed by atoms with Crippen LogP contribution in [0, 0.1) is 0 Å². The zero-order valence-electron chi connectivity index (χ0n) is 18.5. The van der Waals surface area contributed by atoms with Gasteiger partial charge in [-0.15, -0.1) is 11.3 Å². The summed E-state index contributed by atoms with van der Waals surface area (Å²) in [5.74, 6) is -0.0504. The number of thiophene rings is 1. The van der Waals surface area contributed by atoms with Crippen molar-refractivity contribution in [2.75, 3.05) is 11.9 Å². The van der Waals surface area contributed by atoms with Crippen molar-refractivity contribution in [3.63, 3.8) is 0 Å². The Morgan fingerprint density at radius 2 is 1.81 bits per heavy atom. The minimum Gasteiger partial charge on any atom is -0.494 e. The van der Waals surface area contributed by atoms with E-state index in [0.29, 0.717) is 22.7 Å². The number of amides is 2. The fourth-order valence-corrected chi connectivity index (χ4v) is 5.38. The van der Waals surface area contributed by atoms with Crippen LogP contribution in [0.5, 0.6) is 5.75 Å². The maximum Gasteiger partial charge on any atom is 0.257 e. The standard InChI is InChI=1S/C24H31N3O3S2/c1-2-3-4-5-8-15-30-17-13-11-16(12-14-17)22(29)26-24(31)27-23-20(21(25)28)18-9-6-7-10-19(18)32-23/h11-14H,2-10,15H2,1H3,(H2,25,28)(H2,26,27,29,31). The molecule has 0 spiro atoms.